The molecule has 0 bridgehead atoms. The Morgan fingerprint density at radius 3 is 1.35 bits per heavy atom. The summed E-state index contributed by atoms with van der Waals surface area (Å²) in [6, 6.07) is -0.616. The zero-order chi connectivity index (χ0) is 47.7. The zero-order valence-corrected chi connectivity index (χ0v) is 43.2. The molecule has 0 fully saturated rings. The SMILES string of the molecule is CC/C=C/C/C=C/CCCCCCCCCCCCCCCCC(=O)OC(COCCC(C(=O)O)[N+](C)(C)C)COC(=O)CCCCCCCCCCCC/C=C/C=C/CCCCCC. The zero-order valence-electron chi connectivity index (χ0n) is 43.2. The van der Waals surface area contributed by atoms with Crippen molar-refractivity contribution in [1.82, 2.24) is 0 Å². The molecule has 0 rings (SSSR count). The Morgan fingerprint density at radius 1 is 0.492 bits per heavy atom. The normalized spacial score (nSPS) is 13.2. The van der Waals surface area contributed by atoms with Gasteiger partial charge in [0.25, 0.3) is 0 Å². The van der Waals surface area contributed by atoms with E-state index < -0.39 is 18.1 Å². The Morgan fingerprint density at radius 2 is 0.908 bits per heavy atom. The van der Waals surface area contributed by atoms with Crippen LogP contribution < -0.4 is 0 Å². The number of carbonyl (C=O) groups excluding carboxylic acids is 2. The first-order valence-corrected chi connectivity index (χ1v) is 27.2. The minimum atomic E-state index is -0.873. The molecule has 0 radical (unpaired) electrons. The Labute approximate surface area is 401 Å². The monoisotopic (exact) mass is 915 g/mol. The summed E-state index contributed by atoms with van der Waals surface area (Å²) < 4.78 is 17.4. The maximum Gasteiger partial charge on any atom is 0.362 e. The van der Waals surface area contributed by atoms with Crippen LogP contribution in [-0.4, -0.2) is 80.6 Å². The highest BCUT2D eigenvalue weighted by molar-refractivity contribution is 5.72. The van der Waals surface area contributed by atoms with Crippen molar-refractivity contribution >= 4 is 17.9 Å². The number of nitrogens with zero attached hydrogens (tertiary/aromatic N) is 1. The predicted octanol–water partition coefficient (Wildman–Crippen LogP) is 15.9. The number of hydrogen-bond donors (Lipinski definition) is 1. The average molecular weight is 915 g/mol. The molecule has 378 valence electrons. The lowest BCUT2D eigenvalue weighted by molar-refractivity contribution is -0.887. The number of quaternary nitrogens is 1. The van der Waals surface area contributed by atoms with Crippen molar-refractivity contribution in [3.8, 4) is 0 Å². The van der Waals surface area contributed by atoms with E-state index in [1.807, 2.05) is 21.1 Å². The molecule has 8 heteroatoms. The first kappa shape index (κ1) is 62.3. The minimum Gasteiger partial charge on any atom is -0.477 e. The van der Waals surface area contributed by atoms with Crippen LogP contribution in [0, 0.1) is 0 Å². The highest BCUT2D eigenvalue weighted by Gasteiger charge is 2.31. The number of likely N-dealkylation sites (N-methyl/N-ethyl adjacent to an activating group) is 1. The van der Waals surface area contributed by atoms with Gasteiger partial charge in [-0.25, -0.2) is 4.79 Å². The van der Waals surface area contributed by atoms with E-state index in [4.69, 9.17) is 14.2 Å². The van der Waals surface area contributed by atoms with Gasteiger partial charge in [0.05, 0.1) is 34.4 Å². The second-order valence-electron chi connectivity index (χ2n) is 19.5. The molecule has 0 aliphatic rings. The van der Waals surface area contributed by atoms with Crippen LogP contribution in [-0.2, 0) is 28.6 Å². The predicted molar refractivity (Wildman–Crippen MR) is 275 cm³/mol. The van der Waals surface area contributed by atoms with E-state index in [1.54, 1.807) is 0 Å². The van der Waals surface area contributed by atoms with Crippen LogP contribution in [0.2, 0.25) is 0 Å². The van der Waals surface area contributed by atoms with Gasteiger partial charge >= 0.3 is 17.9 Å². The molecule has 1 N–H and O–H groups in total. The molecule has 8 nitrogen and oxygen atoms in total. The number of carboxylic acid groups (broad SMARTS) is 1. The molecule has 0 heterocycles. The van der Waals surface area contributed by atoms with Gasteiger partial charge in [0, 0.05) is 19.3 Å². The number of rotatable bonds is 49. The van der Waals surface area contributed by atoms with Crippen LogP contribution >= 0.6 is 0 Å². The second kappa shape index (κ2) is 47.8. The molecule has 0 spiro atoms. The van der Waals surface area contributed by atoms with Crippen molar-refractivity contribution in [1.29, 1.82) is 0 Å². The van der Waals surface area contributed by atoms with E-state index in [0.717, 1.165) is 51.4 Å². The molecule has 0 aromatic heterocycles. The summed E-state index contributed by atoms with van der Waals surface area (Å²) in [6.07, 6.45) is 58.8. The van der Waals surface area contributed by atoms with Gasteiger partial charge in [0.15, 0.2) is 12.1 Å². The van der Waals surface area contributed by atoms with Crippen LogP contribution in [0.15, 0.2) is 48.6 Å². The maximum absolute atomic E-state index is 12.8. The van der Waals surface area contributed by atoms with Crippen LogP contribution in [0.5, 0.6) is 0 Å². The quantitative estimate of drug-likeness (QED) is 0.0213. The fraction of sp³-hybridized carbons (Fsp3) is 0.807. The third kappa shape index (κ3) is 46.2. The summed E-state index contributed by atoms with van der Waals surface area (Å²) >= 11 is 0. The number of carbonyl (C=O) groups is 3. The summed E-state index contributed by atoms with van der Waals surface area (Å²) in [5, 5.41) is 9.67. The van der Waals surface area contributed by atoms with Gasteiger partial charge in [-0.3, -0.25) is 9.59 Å². The number of carboxylic acids is 1. The first-order valence-electron chi connectivity index (χ1n) is 27.2. The van der Waals surface area contributed by atoms with Crippen molar-refractivity contribution in [2.75, 3.05) is 41.0 Å². The summed E-state index contributed by atoms with van der Waals surface area (Å²) in [5.41, 5.74) is 0. The minimum absolute atomic E-state index is 0.0514. The summed E-state index contributed by atoms with van der Waals surface area (Å²) in [4.78, 5) is 37.2. The van der Waals surface area contributed by atoms with E-state index in [-0.39, 0.29) is 36.2 Å². The van der Waals surface area contributed by atoms with Crippen LogP contribution in [0.3, 0.4) is 0 Å². The highest BCUT2D eigenvalue weighted by atomic mass is 16.6. The Hall–Kier alpha value is -2.71. The Balaban J connectivity index is 4.19. The molecular formula is C57H104NO7+. The third-order valence-corrected chi connectivity index (χ3v) is 12.2. The van der Waals surface area contributed by atoms with Crippen molar-refractivity contribution in [3.63, 3.8) is 0 Å². The lowest BCUT2D eigenvalue weighted by Gasteiger charge is -2.31. The smallest absolute Gasteiger partial charge is 0.362 e. The number of unbranched alkanes of at least 4 members (excludes halogenated alkanes) is 28. The Bertz CT molecular complexity index is 1200. The van der Waals surface area contributed by atoms with Crippen LogP contribution in [0.25, 0.3) is 0 Å². The molecule has 0 aromatic rings. The van der Waals surface area contributed by atoms with Crippen molar-refractivity contribution in [2.24, 2.45) is 0 Å². The van der Waals surface area contributed by atoms with Crippen molar-refractivity contribution < 1.29 is 38.2 Å². The second-order valence-corrected chi connectivity index (χ2v) is 19.5. The molecule has 0 aliphatic carbocycles. The van der Waals surface area contributed by atoms with Gasteiger partial charge in [-0.1, -0.05) is 210 Å². The van der Waals surface area contributed by atoms with Gasteiger partial charge < -0.3 is 23.8 Å². The number of esters is 2. The van der Waals surface area contributed by atoms with E-state index in [1.165, 1.54) is 161 Å². The first-order chi connectivity index (χ1) is 31.6. The molecular weight excluding hydrogens is 811 g/mol. The van der Waals surface area contributed by atoms with Gasteiger partial charge in [-0.05, 0) is 64.2 Å². The van der Waals surface area contributed by atoms with E-state index in [0.29, 0.717) is 19.3 Å². The summed E-state index contributed by atoms with van der Waals surface area (Å²) in [6.45, 7) is 4.65. The molecule has 0 saturated heterocycles. The third-order valence-electron chi connectivity index (χ3n) is 12.2. The van der Waals surface area contributed by atoms with Crippen molar-refractivity contribution in [2.45, 2.75) is 257 Å². The lowest BCUT2D eigenvalue weighted by atomic mass is 10.0. The lowest BCUT2D eigenvalue weighted by Crippen LogP contribution is -2.50. The molecule has 2 atom stereocenters. The largest absolute Gasteiger partial charge is 0.477 e. The summed E-state index contributed by atoms with van der Waals surface area (Å²) in [7, 11) is 5.54. The van der Waals surface area contributed by atoms with E-state index >= 15 is 0 Å². The number of aliphatic carboxylic acids is 1. The molecule has 2 unspecified atom stereocenters. The van der Waals surface area contributed by atoms with E-state index in [9.17, 15) is 19.5 Å². The van der Waals surface area contributed by atoms with Gasteiger partial charge in [0.1, 0.15) is 6.61 Å². The van der Waals surface area contributed by atoms with Gasteiger partial charge in [0.2, 0.25) is 0 Å². The van der Waals surface area contributed by atoms with E-state index in [2.05, 4.69) is 62.5 Å². The number of allylic oxidation sites excluding steroid dienone is 8. The molecule has 65 heavy (non-hydrogen) atoms. The maximum atomic E-state index is 12.8. The standard InChI is InChI=1S/C57H103NO7/c1-6-8-10-12-14-16-18-20-22-24-26-28-30-32-34-36-38-40-42-44-46-48-56(60)65-53(51-63-50-49-54(57(61)62)58(3,4)5)52-64-55(59)47-45-43-41-39-37-35-33-31-29-27-25-23-21-19-17-15-13-11-9-7-2/h8,10,14,16-17,19,21,23,53-54H,6-7,9,11-13,15,18,20,22,24-52H2,1-5H3/p+1/b10-8+,16-14+,19-17+,23-21+. The fourth-order valence-corrected chi connectivity index (χ4v) is 8.06. The van der Waals surface area contributed by atoms with Crippen LogP contribution in [0.1, 0.15) is 245 Å². The van der Waals surface area contributed by atoms with Gasteiger partial charge in [-0.2, -0.15) is 0 Å². The molecule has 0 aliphatic heterocycles. The topological polar surface area (TPSA) is 99.1 Å². The average Bonchev–Trinajstić information content (AvgIpc) is 3.27. The van der Waals surface area contributed by atoms with Crippen LogP contribution in [0.4, 0.5) is 0 Å². The summed E-state index contributed by atoms with van der Waals surface area (Å²) in [5.74, 6) is -1.46. The number of ether oxygens (including phenoxy) is 3. The van der Waals surface area contributed by atoms with Crippen molar-refractivity contribution in [3.05, 3.63) is 48.6 Å². The van der Waals surface area contributed by atoms with Gasteiger partial charge in [-0.15, -0.1) is 0 Å². The molecule has 0 aromatic carbocycles. The molecule has 0 saturated carbocycles. The fourth-order valence-electron chi connectivity index (χ4n) is 8.06. The highest BCUT2D eigenvalue weighted by Crippen LogP contribution is 2.16. The Kier molecular flexibility index (Phi) is 45.8. The number of hydrogen-bond acceptors (Lipinski definition) is 6. The molecule has 0 amide bonds.